The van der Waals surface area contributed by atoms with E-state index in [2.05, 4.69) is 4.99 Å². The number of amides is 1. The molecule has 0 bridgehead atoms. The summed E-state index contributed by atoms with van der Waals surface area (Å²) in [6, 6.07) is 13.7. The Balaban J connectivity index is 1.97. The Morgan fingerprint density at radius 2 is 1.89 bits per heavy atom. The molecule has 6 heteroatoms. The van der Waals surface area contributed by atoms with Gasteiger partial charge in [-0.15, -0.1) is 0 Å². The Hall–Kier alpha value is -2.86. The number of hydrogen-bond acceptors (Lipinski definition) is 5. The van der Waals surface area contributed by atoms with Crippen LogP contribution in [0.2, 0.25) is 0 Å². The zero-order chi connectivity index (χ0) is 19.6. The number of phenolic OH excluding ortho intramolecular Hbond substituents is 1. The first-order valence-electron chi connectivity index (χ1n) is 8.57. The molecule has 0 unspecified atom stereocenters. The minimum Gasteiger partial charge on any atom is -0.508 e. The Bertz CT molecular complexity index is 946. The van der Waals surface area contributed by atoms with Gasteiger partial charge >= 0.3 is 0 Å². The fourth-order valence-corrected chi connectivity index (χ4v) is 3.77. The lowest BCUT2D eigenvalue weighted by molar-refractivity contribution is -0.123. The highest BCUT2D eigenvalue weighted by Crippen LogP contribution is 2.35. The fourth-order valence-electron chi connectivity index (χ4n) is 2.65. The average Bonchev–Trinajstić information content (AvgIpc) is 2.92. The van der Waals surface area contributed by atoms with Crippen LogP contribution in [0.1, 0.15) is 36.7 Å². The maximum absolute atomic E-state index is 12.8. The molecule has 1 fully saturated rings. The maximum Gasteiger partial charge on any atom is 0.266 e. The zero-order valence-corrected chi connectivity index (χ0v) is 16.2. The number of aliphatic imine (C=N–C) groups is 1. The second-order valence-electron chi connectivity index (χ2n) is 6.47. The SMILES string of the molecule is CC(=O)c1cccc(N=C2S/C(=C\c3ccc(O)cc3)C(=O)N2C(C)C)c1. The molecule has 0 radical (unpaired) electrons. The Labute approximate surface area is 162 Å². The minimum atomic E-state index is -0.107. The predicted molar refractivity (Wildman–Crippen MR) is 109 cm³/mol. The smallest absolute Gasteiger partial charge is 0.266 e. The first-order valence-corrected chi connectivity index (χ1v) is 9.38. The number of Topliss-reactive ketones (excluding diaryl/α,β-unsaturated/α-hetero) is 1. The summed E-state index contributed by atoms with van der Waals surface area (Å²) in [7, 11) is 0. The topological polar surface area (TPSA) is 70.0 Å². The molecule has 1 aliphatic heterocycles. The molecule has 1 aliphatic rings. The van der Waals surface area contributed by atoms with Gasteiger partial charge in [0, 0.05) is 11.6 Å². The molecule has 0 saturated carbocycles. The van der Waals surface area contributed by atoms with Crippen LogP contribution >= 0.6 is 11.8 Å². The van der Waals surface area contributed by atoms with Gasteiger partial charge in [0.1, 0.15) is 5.75 Å². The molecule has 138 valence electrons. The Morgan fingerprint density at radius 3 is 2.52 bits per heavy atom. The number of nitrogens with zero attached hydrogens (tertiary/aromatic N) is 2. The normalized spacial score (nSPS) is 17.3. The number of benzene rings is 2. The molecule has 5 nitrogen and oxygen atoms in total. The summed E-state index contributed by atoms with van der Waals surface area (Å²) in [6.07, 6.45) is 1.79. The second-order valence-corrected chi connectivity index (χ2v) is 7.48. The molecule has 1 heterocycles. The summed E-state index contributed by atoms with van der Waals surface area (Å²) in [4.78, 5) is 31.3. The number of ketones is 1. The van der Waals surface area contributed by atoms with Crippen LogP contribution in [0.15, 0.2) is 58.4 Å². The molecule has 2 aromatic carbocycles. The number of thioether (sulfide) groups is 1. The van der Waals surface area contributed by atoms with Crippen molar-refractivity contribution in [1.82, 2.24) is 4.90 Å². The zero-order valence-electron chi connectivity index (χ0n) is 15.3. The molecular formula is C21H20N2O3S. The molecule has 2 aromatic rings. The third kappa shape index (κ3) is 4.28. The van der Waals surface area contributed by atoms with E-state index < -0.39 is 0 Å². The van der Waals surface area contributed by atoms with Gasteiger partial charge in [-0.05, 0) is 68.4 Å². The van der Waals surface area contributed by atoms with E-state index in [1.807, 2.05) is 19.9 Å². The summed E-state index contributed by atoms with van der Waals surface area (Å²) < 4.78 is 0. The minimum absolute atomic E-state index is 0.0270. The van der Waals surface area contributed by atoms with E-state index in [1.165, 1.54) is 18.7 Å². The quantitative estimate of drug-likeness (QED) is 0.621. The van der Waals surface area contributed by atoms with Crippen molar-refractivity contribution in [2.45, 2.75) is 26.8 Å². The maximum atomic E-state index is 12.8. The number of aromatic hydroxyl groups is 1. The number of hydrogen-bond donors (Lipinski definition) is 1. The molecule has 0 aliphatic carbocycles. The first-order chi connectivity index (χ1) is 12.8. The van der Waals surface area contributed by atoms with Crippen molar-refractivity contribution in [2.24, 2.45) is 4.99 Å². The summed E-state index contributed by atoms with van der Waals surface area (Å²) in [5.41, 5.74) is 2.05. The Morgan fingerprint density at radius 1 is 1.19 bits per heavy atom. The lowest BCUT2D eigenvalue weighted by Crippen LogP contribution is -2.35. The van der Waals surface area contributed by atoms with Crippen LogP contribution < -0.4 is 0 Å². The second kappa shape index (κ2) is 7.80. The van der Waals surface area contributed by atoms with Crippen LogP contribution in [0, 0.1) is 0 Å². The van der Waals surface area contributed by atoms with Gasteiger partial charge in [-0.2, -0.15) is 0 Å². The van der Waals surface area contributed by atoms with Gasteiger partial charge in [-0.3, -0.25) is 14.5 Å². The molecule has 3 rings (SSSR count). The largest absolute Gasteiger partial charge is 0.508 e. The third-order valence-electron chi connectivity index (χ3n) is 4.02. The van der Waals surface area contributed by atoms with Crippen LogP contribution in [0.25, 0.3) is 6.08 Å². The highest BCUT2D eigenvalue weighted by Gasteiger charge is 2.35. The van der Waals surface area contributed by atoms with Crippen LogP contribution in [-0.4, -0.2) is 32.9 Å². The van der Waals surface area contributed by atoms with Crippen molar-refractivity contribution in [3.8, 4) is 5.75 Å². The van der Waals surface area contributed by atoms with E-state index >= 15 is 0 Å². The first kappa shape index (κ1) is 18.9. The molecule has 0 atom stereocenters. The van der Waals surface area contributed by atoms with Gasteiger partial charge in [-0.1, -0.05) is 24.3 Å². The van der Waals surface area contributed by atoms with Crippen molar-refractivity contribution in [3.05, 3.63) is 64.6 Å². The van der Waals surface area contributed by atoms with Gasteiger partial charge in [0.25, 0.3) is 5.91 Å². The fraction of sp³-hybridized carbons (Fsp3) is 0.190. The number of carbonyl (C=O) groups excluding carboxylic acids is 2. The lowest BCUT2D eigenvalue weighted by Gasteiger charge is -2.19. The van der Waals surface area contributed by atoms with E-state index in [9.17, 15) is 14.7 Å². The number of phenols is 1. The molecule has 1 N–H and O–H groups in total. The van der Waals surface area contributed by atoms with Crippen LogP contribution in [0.4, 0.5) is 5.69 Å². The standard InChI is InChI=1S/C21H20N2O3S/c1-13(2)23-20(26)19(11-15-7-9-18(25)10-8-15)27-21(23)22-17-6-4-5-16(12-17)14(3)24/h4-13,25H,1-3H3/b19-11-,22-21?. The Kier molecular flexibility index (Phi) is 5.46. The summed E-state index contributed by atoms with van der Waals surface area (Å²) in [5, 5.41) is 9.99. The molecule has 1 saturated heterocycles. The van der Waals surface area contributed by atoms with Crippen LogP contribution in [0.5, 0.6) is 5.75 Å². The van der Waals surface area contributed by atoms with Crippen molar-refractivity contribution in [2.75, 3.05) is 0 Å². The van der Waals surface area contributed by atoms with Crippen molar-refractivity contribution >= 4 is 40.4 Å². The van der Waals surface area contributed by atoms with Crippen LogP contribution in [0.3, 0.4) is 0 Å². The van der Waals surface area contributed by atoms with Crippen molar-refractivity contribution in [1.29, 1.82) is 0 Å². The van der Waals surface area contributed by atoms with Gasteiger partial charge in [0.2, 0.25) is 0 Å². The third-order valence-corrected chi connectivity index (χ3v) is 5.00. The van der Waals surface area contributed by atoms with Crippen molar-refractivity contribution in [3.63, 3.8) is 0 Å². The van der Waals surface area contributed by atoms with E-state index in [4.69, 9.17) is 0 Å². The van der Waals surface area contributed by atoms with E-state index in [0.29, 0.717) is 21.3 Å². The van der Waals surface area contributed by atoms with E-state index in [1.54, 1.807) is 53.4 Å². The number of amidine groups is 1. The number of carbonyl (C=O) groups is 2. The van der Waals surface area contributed by atoms with Crippen LogP contribution in [-0.2, 0) is 4.79 Å². The average molecular weight is 380 g/mol. The van der Waals surface area contributed by atoms with E-state index in [0.717, 1.165) is 5.56 Å². The summed E-state index contributed by atoms with van der Waals surface area (Å²) >= 11 is 1.30. The molecule has 27 heavy (non-hydrogen) atoms. The molecular weight excluding hydrogens is 360 g/mol. The molecule has 1 amide bonds. The summed E-state index contributed by atoms with van der Waals surface area (Å²) in [6.45, 7) is 5.38. The van der Waals surface area contributed by atoms with Gasteiger partial charge in [0.15, 0.2) is 11.0 Å². The monoisotopic (exact) mass is 380 g/mol. The molecule has 0 aromatic heterocycles. The molecule has 0 spiro atoms. The number of rotatable bonds is 4. The van der Waals surface area contributed by atoms with Gasteiger partial charge in [-0.25, -0.2) is 4.99 Å². The summed E-state index contributed by atoms with van der Waals surface area (Å²) in [5.74, 6) is 0.0457. The van der Waals surface area contributed by atoms with Gasteiger partial charge < -0.3 is 5.11 Å². The predicted octanol–water partition coefficient (Wildman–Crippen LogP) is 4.61. The highest BCUT2D eigenvalue weighted by molar-refractivity contribution is 8.18. The van der Waals surface area contributed by atoms with Gasteiger partial charge in [0.05, 0.1) is 10.6 Å². The highest BCUT2D eigenvalue weighted by atomic mass is 32.2. The van der Waals surface area contributed by atoms with Crippen molar-refractivity contribution < 1.29 is 14.7 Å². The van der Waals surface area contributed by atoms with E-state index in [-0.39, 0.29) is 23.5 Å². The lowest BCUT2D eigenvalue weighted by atomic mass is 10.1.